The quantitative estimate of drug-likeness (QED) is 0.396. The fourth-order valence-corrected chi connectivity index (χ4v) is 6.92. The van der Waals surface area contributed by atoms with E-state index in [0.29, 0.717) is 12.3 Å². The Morgan fingerprint density at radius 1 is 0.818 bits per heavy atom. The van der Waals surface area contributed by atoms with Crippen molar-refractivity contribution in [3.63, 3.8) is 0 Å². The molecule has 0 N–H and O–H groups in total. The van der Waals surface area contributed by atoms with Crippen molar-refractivity contribution in [2.24, 2.45) is 23.7 Å². The fraction of sp³-hybridized carbons (Fsp3) is 0.531. The van der Waals surface area contributed by atoms with Gasteiger partial charge in [0.2, 0.25) is 0 Å². The van der Waals surface area contributed by atoms with Crippen LogP contribution in [0.25, 0.3) is 5.57 Å². The van der Waals surface area contributed by atoms with Crippen molar-refractivity contribution < 1.29 is 4.79 Å². The molecule has 1 unspecified atom stereocenters. The van der Waals surface area contributed by atoms with E-state index < -0.39 is 0 Å². The second-order valence-corrected chi connectivity index (χ2v) is 11.1. The lowest BCUT2D eigenvalue weighted by Gasteiger charge is -2.33. The molecule has 2 fully saturated rings. The van der Waals surface area contributed by atoms with E-state index in [4.69, 9.17) is 0 Å². The van der Waals surface area contributed by atoms with E-state index in [-0.39, 0.29) is 5.78 Å². The van der Waals surface area contributed by atoms with Gasteiger partial charge in [0.25, 0.3) is 0 Å². The van der Waals surface area contributed by atoms with Crippen molar-refractivity contribution in [1.82, 2.24) is 0 Å². The molecule has 5 rings (SSSR count). The number of carbonyl (C=O) groups excluding carboxylic acids is 1. The Morgan fingerprint density at radius 3 is 2.15 bits per heavy atom. The minimum Gasteiger partial charge on any atom is -0.294 e. The van der Waals surface area contributed by atoms with Crippen LogP contribution in [0.1, 0.15) is 97.3 Å². The van der Waals surface area contributed by atoms with E-state index in [1.807, 2.05) is 12.1 Å². The summed E-state index contributed by atoms with van der Waals surface area (Å²) in [7, 11) is 0. The number of allylic oxidation sites excluding steroid dienone is 1. The van der Waals surface area contributed by atoms with Gasteiger partial charge >= 0.3 is 0 Å². The molecule has 0 heterocycles. The van der Waals surface area contributed by atoms with Crippen molar-refractivity contribution in [3.8, 4) is 0 Å². The lowest BCUT2D eigenvalue weighted by Crippen LogP contribution is -2.20. The van der Waals surface area contributed by atoms with Crippen LogP contribution < -0.4 is 0 Å². The van der Waals surface area contributed by atoms with E-state index in [1.54, 1.807) is 0 Å². The maximum atomic E-state index is 13.0. The van der Waals surface area contributed by atoms with Gasteiger partial charge in [-0.25, -0.2) is 0 Å². The van der Waals surface area contributed by atoms with Crippen LogP contribution in [0.3, 0.4) is 0 Å². The third-order valence-electron chi connectivity index (χ3n) is 9.14. The number of benzene rings is 2. The highest BCUT2D eigenvalue weighted by Gasteiger charge is 2.30. The van der Waals surface area contributed by atoms with Crippen LogP contribution in [0.5, 0.6) is 0 Å². The molecule has 1 nitrogen and oxygen atoms in total. The predicted molar refractivity (Wildman–Crippen MR) is 139 cm³/mol. The molecule has 2 aromatic rings. The fourth-order valence-electron chi connectivity index (χ4n) is 6.92. The molecule has 3 aliphatic carbocycles. The monoisotopic (exact) mass is 440 g/mol. The third kappa shape index (κ3) is 5.03. The molecule has 174 valence electrons. The molecule has 2 aromatic carbocycles. The molecular formula is C32H40O. The Balaban J connectivity index is 1.17. The van der Waals surface area contributed by atoms with E-state index in [0.717, 1.165) is 28.9 Å². The molecule has 1 atom stereocenters. The number of carbonyl (C=O) groups is 1. The SMILES string of the molecule is C=C(c1ccc(C(=O)Cc2ccc3c(c2)CC(CC)C3)cc1)C1CCC(C2CCCC2)CC1. The molecule has 0 aromatic heterocycles. The highest BCUT2D eigenvalue weighted by molar-refractivity contribution is 5.97. The minimum absolute atomic E-state index is 0.217. The molecule has 0 bridgehead atoms. The highest BCUT2D eigenvalue weighted by Crippen LogP contribution is 2.43. The Morgan fingerprint density at radius 2 is 1.45 bits per heavy atom. The first-order chi connectivity index (χ1) is 16.1. The number of ketones is 1. The lowest BCUT2D eigenvalue weighted by molar-refractivity contribution is 0.0993. The smallest absolute Gasteiger partial charge is 0.167 e. The van der Waals surface area contributed by atoms with E-state index >= 15 is 0 Å². The average molecular weight is 441 g/mol. The molecule has 33 heavy (non-hydrogen) atoms. The second-order valence-electron chi connectivity index (χ2n) is 11.1. The number of Topliss-reactive ketones (excluding diaryl/α,β-unsaturated/α-hetero) is 1. The number of fused-ring (bicyclic) bond motifs is 1. The summed E-state index contributed by atoms with van der Waals surface area (Å²) in [6.07, 6.45) is 15.3. The van der Waals surface area contributed by atoms with E-state index in [2.05, 4.69) is 43.8 Å². The Kier molecular flexibility index (Phi) is 6.86. The van der Waals surface area contributed by atoms with Gasteiger partial charge in [0.15, 0.2) is 5.78 Å². The topological polar surface area (TPSA) is 17.1 Å². The summed E-state index contributed by atoms with van der Waals surface area (Å²) in [5, 5.41) is 0. The predicted octanol–water partition coefficient (Wildman–Crippen LogP) is 8.25. The summed E-state index contributed by atoms with van der Waals surface area (Å²) in [6.45, 7) is 6.75. The van der Waals surface area contributed by atoms with Crippen molar-refractivity contribution in [1.29, 1.82) is 0 Å². The molecular weight excluding hydrogens is 400 g/mol. The summed E-state index contributed by atoms with van der Waals surface area (Å²) >= 11 is 0. The molecule has 3 aliphatic rings. The maximum Gasteiger partial charge on any atom is 0.167 e. The zero-order valence-corrected chi connectivity index (χ0v) is 20.5. The van der Waals surface area contributed by atoms with Gasteiger partial charge in [-0.1, -0.05) is 88.1 Å². The van der Waals surface area contributed by atoms with Crippen molar-refractivity contribution in [3.05, 3.63) is 76.9 Å². The summed E-state index contributed by atoms with van der Waals surface area (Å²) in [5.41, 5.74) is 7.42. The standard InChI is InChI=1S/C32H40O/c1-3-23-18-30-9-8-24(20-31(30)19-23)21-32(33)29-16-12-26(13-17-29)22(2)25-10-14-28(15-11-25)27-6-4-5-7-27/h8-9,12-13,16-17,20,23,25,27-28H,2-7,10-11,14-15,18-19,21H2,1H3. The molecule has 0 aliphatic heterocycles. The zero-order valence-electron chi connectivity index (χ0n) is 20.5. The minimum atomic E-state index is 0.217. The summed E-state index contributed by atoms with van der Waals surface area (Å²) in [4.78, 5) is 13.0. The van der Waals surface area contributed by atoms with Crippen LogP contribution in [0, 0.1) is 23.7 Å². The van der Waals surface area contributed by atoms with Gasteiger partial charge in [-0.2, -0.15) is 0 Å². The Bertz CT molecular complexity index is 984. The zero-order chi connectivity index (χ0) is 22.8. The van der Waals surface area contributed by atoms with Crippen molar-refractivity contribution in [2.45, 2.75) is 84.0 Å². The first kappa shape index (κ1) is 22.6. The molecule has 1 heteroatoms. The average Bonchev–Trinajstić information content (AvgIpc) is 3.53. The van der Waals surface area contributed by atoms with Crippen LogP contribution in [0.4, 0.5) is 0 Å². The van der Waals surface area contributed by atoms with Gasteiger partial charge in [0, 0.05) is 12.0 Å². The summed E-state index contributed by atoms with van der Waals surface area (Å²) in [6, 6.07) is 15.0. The molecule has 0 amide bonds. The number of rotatable bonds is 7. The van der Waals surface area contributed by atoms with Gasteiger partial charge in [0.1, 0.15) is 0 Å². The summed E-state index contributed by atoms with van der Waals surface area (Å²) in [5.74, 6) is 3.58. The summed E-state index contributed by atoms with van der Waals surface area (Å²) < 4.78 is 0. The molecule has 2 saturated carbocycles. The second kappa shape index (κ2) is 10.00. The van der Waals surface area contributed by atoms with Crippen LogP contribution >= 0.6 is 0 Å². The van der Waals surface area contributed by atoms with E-state index in [1.165, 1.54) is 92.9 Å². The molecule has 0 radical (unpaired) electrons. The number of hydrogen-bond acceptors (Lipinski definition) is 1. The largest absolute Gasteiger partial charge is 0.294 e. The normalized spacial score (nSPS) is 25.2. The van der Waals surface area contributed by atoms with E-state index in [9.17, 15) is 4.79 Å². The van der Waals surface area contributed by atoms with Gasteiger partial charge in [-0.05, 0) is 90.0 Å². The van der Waals surface area contributed by atoms with Crippen LogP contribution in [0.15, 0.2) is 49.0 Å². The van der Waals surface area contributed by atoms with Gasteiger partial charge in [0.05, 0.1) is 0 Å². The maximum absolute atomic E-state index is 13.0. The molecule has 0 spiro atoms. The van der Waals surface area contributed by atoms with Crippen molar-refractivity contribution >= 4 is 11.4 Å². The van der Waals surface area contributed by atoms with Gasteiger partial charge in [-0.15, -0.1) is 0 Å². The number of hydrogen-bond donors (Lipinski definition) is 0. The third-order valence-corrected chi connectivity index (χ3v) is 9.14. The van der Waals surface area contributed by atoms with Crippen LogP contribution in [0.2, 0.25) is 0 Å². The van der Waals surface area contributed by atoms with Gasteiger partial charge < -0.3 is 0 Å². The first-order valence-corrected chi connectivity index (χ1v) is 13.5. The van der Waals surface area contributed by atoms with Crippen LogP contribution in [-0.2, 0) is 19.3 Å². The first-order valence-electron chi connectivity index (χ1n) is 13.5. The van der Waals surface area contributed by atoms with Crippen molar-refractivity contribution in [2.75, 3.05) is 0 Å². The van der Waals surface area contributed by atoms with Crippen LogP contribution in [-0.4, -0.2) is 5.78 Å². The van der Waals surface area contributed by atoms with Gasteiger partial charge in [-0.3, -0.25) is 4.79 Å². The highest BCUT2D eigenvalue weighted by atomic mass is 16.1. The molecule has 0 saturated heterocycles. The Hall–Kier alpha value is -2.15. The Labute approximate surface area is 200 Å². The lowest BCUT2D eigenvalue weighted by atomic mass is 9.72.